The number of benzene rings is 1. The predicted molar refractivity (Wildman–Crippen MR) is 69.3 cm³/mol. The van der Waals surface area contributed by atoms with Crippen LogP contribution >= 0.6 is 0 Å². The van der Waals surface area contributed by atoms with Gasteiger partial charge in [0, 0.05) is 19.6 Å². The van der Waals surface area contributed by atoms with Crippen LogP contribution in [0, 0.1) is 5.82 Å². The standard InChI is InChI=1S/C13H16FN5/c1-18-13(15-16-17-18)19-8-2-3-12(19)9-10-4-6-11(14)7-5-10/h4-7,12H,2-3,8-9H2,1H3. The summed E-state index contributed by atoms with van der Waals surface area (Å²) >= 11 is 0. The van der Waals surface area contributed by atoms with Crippen LogP contribution in [0.15, 0.2) is 24.3 Å². The highest BCUT2D eigenvalue weighted by molar-refractivity contribution is 5.33. The zero-order valence-electron chi connectivity index (χ0n) is 10.8. The lowest BCUT2D eigenvalue weighted by Gasteiger charge is -2.24. The SMILES string of the molecule is Cn1nnnc1N1CCCC1Cc1ccc(F)cc1. The highest BCUT2D eigenvalue weighted by Crippen LogP contribution is 2.25. The second-order valence-corrected chi connectivity index (χ2v) is 4.92. The van der Waals surface area contributed by atoms with E-state index in [0.717, 1.165) is 37.3 Å². The highest BCUT2D eigenvalue weighted by atomic mass is 19.1. The molecule has 100 valence electrons. The summed E-state index contributed by atoms with van der Waals surface area (Å²) in [6.45, 7) is 0.972. The minimum Gasteiger partial charge on any atom is -0.336 e. The van der Waals surface area contributed by atoms with Crippen LogP contribution in [0.2, 0.25) is 0 Å². The van der Waals surface area contributed by atoms with E-state index in [0.29, 0.717) is 6.04 Å². The van der Waals surface area contributed by atoms with Crippen LogP contribution in [-0.4, -0.2) is 32.8 Å². The van der Waals surface area contributed by atoms with E-state index < -0.39 is 0 Å². The van der Waals surface area contributed by atoms with Crippen LogP contribution in [0.3, 0.4) is 0 Å². The molecule has 1 aliphatic heterocycles. The summed E-state index contributed by atoms with van der Waals surface area (Å²) in [4.78, 5) is 2.24. The van der Waals surface area contributed by atoms with Crippen molar-refractivity contribution < 1.29 is 4.39 Å². The second kappa shape index (κ2) is 4.95. The number of hydrogen-bond acceptors (Lipinski definition) is 4. The summed E-state index contributed by atoms with van der Waals surface area (Å²) in [6.07, 6.45) is 3.15. The molecule has 1 saturated heterocycles. The van der Waals surface area contributed by atoms with E-state index in [1.807, 2.05) is 19.2 Å². The first kappa shape index (κ1) is 12.1. The van der Waals surface area contributed by atoms with Gasteiger partial charge < -0.3 is 4.90 Å². The van der Waals surface area contributed by atoms with Crippen molar-refractivity contribution >= 4 is 5.95 Å². The second-order valence-electron chi connectivity index (χ2n) is 4.92. The molecule has 19 heavy (non-hydrogen) atoms. The summed E-state index contributed by atoms with van der Waals surface area (Å²) in [5.74, 6) is 0.620. The quantitative estimate of drug-likeness (QED) is 0.841. The molecule has 0 radical (unpaired) electrons. The molecule has 3 rings (SSSR count). The molecule has 0 amide bonds. The number of nitrogens with zero attached hydrogens (tertiary/aromatic N) is 5. The number of anilines is 1. The Bertz CT molecular complexity index is 550. The topological polar surface area (TPSA) is 46.8 Å². The van der Waals surface area contributed by atoms with Crippen LogP contribution < -0.4 is 4.90 Å². The third-order valence-electron chi connectivity index (χ3n) is 3.62. The summed E-state index contributed by atoms with van der Waals surface area (Å²) in [7, 11) is 1.85. The van der Waals surface area contributed by atoms with Crippen molar-refractivity contribution in [1.82, 2.24) is 20.2 Å². The largest absolute Gasteiger partial charge is 0.336 e. The van der Waals surface area contributed by atoms with Crippen LogP contribution in [0.25, 0.3) is 0 Å². The van der Waals surface area contributed by atoms with Crippen molar-refractivity contribution in [2.24, 2.45) is 7.05 Å². The molecule has 1 atom stereocenters. The van der Waals surface area contributed by atoms with E-state index in [4.69, 9.17) is 0 Å². The normalized spacial score (nSPS) is 19.1. The lowest BCUT2D eigenvalue weighted by molar-refractivity contribution is 0.617. The minimum absolute atomic E-state index is 0.190. The number of aromatic nitrogens is 4. The molecule has 0 N–H and O–H groups in total. The van der Waals surface area contributed by atoms with E-state index >= 15 is 0 Å². The molecule has 0 saturated carbocycles. The van der Waals surface area contributed by atoms with Crippen LogP contribution in [0.4, 0.5) is 10.3 Å². The van der Waals surface area contributed by atoms with Gasteiger partial charge in [0.1, 0.15) is 5.82 Å². The molecule has 0 bridgehead atoms. The first-order chi connectivity index (χ1) is 9.24. The van der Waals surface area contributed by atoms with Gasteiger partial charge in [0.2, 0.25) is 5.95 Å². The maximum atomic E-state index is 12.9. The third-order valence-corrected chi connectivity index (χ3v) is 3.62. The van der Waals surface area contributed by atoms with E-state index in [1.165, 1.54) is 12.1 Å². The molecule has 5 nitrogen and oxygen atoms in total. The number of halogens is 1. The van der Waals surface area contributed by atoms with E-state index in [9.17, 15) is 4.39 Å². The molecular formula is C13H16FN5. The Kier molecular flexibility index (Phi) is 3.15. The lowest BCUT2D eigenvalue weighted by Crippen LogP contribution is -2.33. The minimum atomic E-state index is -0.190. The summed E-state index contributed by atoms with van der Waals surface area (Å²) < 4.78 is 14.6. The predicted octanol–water partition coefficient (Wildman–Crippen LogP) is 1.56. The Morgan fingerprint density at radius 2 is 2.11 bits per heavy atom. The van der Waals surface area contributed by atoms with Gasteiger partial charge in [-0.15, -0.1) is 0 Å². The molecule has 1 unspecified atom stereocenters. The molecule has 1 fully saturated rings. The lowest BCUT2D eigenvalue weighted by atomic mass is 10.0. The maximum absolute atomic E-state index is 12.9. The Balaban J connectivity index is 1.77. The monoisotopic (exact) mass is 261 g/mol. The summed E-state index contributed by atoms with van der Waals surface area (Å²) in [5.41, 5.74) is 1.15. The third kappa shape index (κ3) is 2.43. The van der Waals surface area contributed by atoms with Crippen molar-refractivity contribution in [3.05, 3.63) is 35.6 Å². The molecule has 2 heterocycles. The number of hydrogen-bond donors (Lipinski definition) is 0. The fourth-order valence-corrected chi connectivity index (χ4v) is 2.67. The van der Waals surface area contributed by atoms with Gasteiger partial charge >= 0.3 is 0 Å². The fraction of sp³-hybridized carbons (Fsp3) is 0.462. The van der Waals surface area contributed by atoms with E-state index in [1.54, 1.807) is 4.68 Å². The number of tetrazole rings is 1. The van der Waals surface area contributed by atoms with Gasteiger partial charge in [0.15, 0.2) is 0 Å². The Morgan fingerprint density at radius 3 is 2.79 bits per heavy atom. The van der Waals surface area contributed by atoms with Gasteiger partial charge in [-0.2, -0.15) is 0 Å². The van der Waals surface area contributed by atoms with Gasteiger partial charge in [0.25, 0.3) is 0 Å². The molecule has 1 aromatic heterocycles. The summed E-state index contributed by atoms with van der Waals surface area (Å²) in [5, 5.41) is 11.6. The average Bonchev–Trinajstić information content (AvgIpc) is 3.01. The van der Waals surface area contributed by atoms with Crippen LogP contribution in [-0.2, 0) is 13.5 Å². The molecule has 0 spiro atoms. The molecule has 2 aromatic rings. The van der Waals surface area contributed by atoms with Crippen molar-refractivity contribution in [2.45, 2.75) is 25.3 Å². The highest BCUT2D eigenvalue weighted by Gasteiger charge is 2.28. The zero-order valence-corrected chi connectivity index (χ0v) is 10.8. The average molecular weight is 261 g/mol. The first-order valence-electron chi connectivity index (χ1n) is 6.47. The van der Waals surface area contributed by atoms with Crippen molar-refractivity contribution in [1.29, 1.82) is 0 Å². The Morgan fingerprint density at radius 1 is 1.32 bits per heavy atom. The Labute approximate surface area is 111 Å². The zero-order chi connectivity index (χ0) is 13.2. The van der Waals surface area contributed by atoms with E-state index in [2.05, 4.69) is 20.4 Å². The maximum Gasteiger partial charge on any atom is 0.245 e. The van der Waals surface area contributed by atoms with Crippen molar-refractivity contribution in [2.75, 3.05) is 11.4 Å². The van der Waals surface area contributed by atoms with Crippen LogP contribution in [0.1, 0.15) is 18.4 Å². The van der Waals surface area contributed by atoms with Gasteiger partial charge in [-0.25, -0.2) is 9.07 Å². The first-order valence-corrected chi connectivity index (χ1v) is 6.47. The smallest absolute Gasteiger partial charge is 0.245 e. The van der Waals surface area contributed by atoms with Crippen molar-refractivity contribution in [3.8, 4) is 0 Å². The van der Waals surface area contributed by atoms with Crippen LogP contribution in [0.5, 0.6) is 0 Å². The molecule has 1 aliphatic rings. The number of aryl methyl sites for hydroxylation is 1. The van der Waals surface area contributed by atoms with Gasteiger partial charge in [0.05, 0.1) is 0 Å². The van der Waals surface area contributed by atoms with E-state index in [-0.39, 0.29) is 5.82 Å². The molecule has 1 aromatic carbocycles. The van der Waals surface area contributed by atoms with Gasteiger partial charge in [-0.3, -0.25) is 0 Å². The molecular weight excluding hydrogens is 245 g/mol. The summed E-state index contributed by atoms with van der Waals surface area (Å²) in [6, 6.07) is 7.11. The van der Waals surface area contributed by atoms with Crippen molar-refractivity contribution in [3.63, 3.8) is 0 Å². The molecule has 0 aliphatic carbocycles. The molecule has 6 heteroatoms. The Hall–Kier alpha value is -1.98. The fourth-order valence-electron chi connectivity index (χ4n) is 2.67. The van der Waals surface area contributed by atoms with Gasteiger partial charge in [-0.1, -0.05) is 17.2 Å². The van der Waals surface area contributed by atoms with Gasteiger partial charge in [-0.05, 0) is 47.4 Å². The number of rotatable bonds is 3.